The van der Waals surface area contributed by atoms with Gasteiger partial charge in [-0.15, -0.1) is 15.7 Å². The fraction of sp³-hybridized carbons (Fsp3) is 0.652. The molecule has 2 amide bonds. The van der Waals surface area contributed by atoms with Crippen molar-refractivity contribution < 1.29 is 18.0 Å². The molecule has 0 radical (unpaired) electrons. The van der Waals surface area contributed by atoms with Crippen molar-refractivity contribution in [3.8, 4) is 0 Å². The predicted octanol–water partition coefficient (Wildman–Crippen LogP) is 2.83. The minimum absolute atomic E-state index is 0.0158. The molecule has 2 heterocycles. The van der Waals surface area contributed by atoms with Gasteiger partial charge in [-0.25, -0.2) is 4.72 Å². The average molecular weight is 506 g/mol. The molecule has 5 rings (SSSR count). The summed E-state index contributed by atoms with van der Waals surface area (Å²) in [6.45, 7) is 3.02. The van der Waals surface area contributed by atoms with Crippen molar-refractivity contribution in [2.45, 2.75) is 64.7 Å². The van der Waals surface area contributed by atoms with Gasteiger partial charge >= 0.3 is 10.2 Å². The Morgan fingerprint density at radius 3 is 2.68 bits per heavy atom. The monoisotopic (exact) mass is 505 g/mol. The first-order valence-electron chi connectivity index (χ1n) is 12.2. The fourth-order valence-corrected chi connectivity index (χ4v) is 6.80. The molecule has 0 bridgehead atoms. The highest BCUT2D eigenvalue weighted by Crippen LogP contribution is 2.42. The minimum atomic E-state index is -3.69. The highest BCUT2D eigenvalue weighted by Gasteiger charge is 2.35. The number of aliphatic imine (C=N–C) groups is 1. The summed E-state index contributed by atoms with van der Waals surface area (Å²) in [6.07, 6.45) is 7.99. The van der Waals surface area contributed by atoms with E-state index in [0.717, 1.165) is 56.9 Å². The molecule has 0 spiro atoms. The zero-order valence-corrected chi connectivity index (χ0v) is 21.0. The van der Waals surface area contributed by atoms with Crippen molar-refractivity contribution >= 4 is 49.9 Å². The minimum Gasteiger partial charge on any atom is -0.352 e. The van der Waals surface area contributed by atoms with E-state index in [1.165, 1.54) is 4.88 Å². The molecule has 1 unspecified atom stereocenters. The van der Waals surface area contributed by atoms with Gasteiger partial charge in [0.1, 0.15) is 5.00 Å². The summed E-state index contributed by atoms with van der Waals surface area (Å²) in [6, 6.07) is 0. The average Bonchev–Trinajstić information content (AvgIpc) is 3.71. The van der Waals surface area contributed by atoms with E-state index in [9.17, 15) is 18.0 Å². The van der Waals surface area contributed by atoms with Crippen molar-refractivity contribution in [2.75, 3.05) is 18.4 Å². The van der Waals surface area contributed by atoms with Gasteiger partial charge in [0.25, 0.3) is 5.91 Å². The maximum absolute atomic E-state index is 13.2. The third kappa shape index (κ3) is 5.35. The lowest BCUT2D eigenvalue weighted by atomic mass is 9.83. The van der Waals surface area contributed by atoms with Crippen molar-refractivity contribution in [3.05, 3.63) is 16.0 Å². The zero-order chi connectivity index (χ0) is 23.9. The first-order chi connectivity index (χ1) is 16.3. The molecule has 4 aliphatic rings. The van der Waals surface area contributed by atoms with Gasteiger partial charge in [-0.1, -0.05) is 0 Å². The second-order valence-corrected chi connectivity index (χ2v) is 12.2. The summed E-state index contributed by atoms with van der Waals surface area (Å²) in [4.78, 5) is 31.1. The standard InChI is InChI=1S/C23H31N5O4S2/c1-2-24-20-17(27-34(31,32)28-20)9-5-13-6-10-18-16(11-13)19(22(30)25-12-14-3-4-14)23(33-18)26-21(29)15-7-8-15/h13-15H,2-12H2,1H3,(H,24,28)(H,25,30)(H,26,29). The number of hydrogen-bond donors (Lipinski definition) is 3. The molecule has 0 aromatic carbocycles. The maximum Gasteiger partial charge on any atom is 0.343 e. The van der Waals surface area contributed by atoms with Gasteiger partial charge < -0.3 is 10.6 Å². The molecule has 34 heavy (non-hydrogen) atoms. The molecule has 11 heteroatoms. The van der Waals surface area contributed by atoms with Crippen LogP contribution in [0.15, 0.2) is 9.39 Å². The molecule has 1 aromatic rings. The first-order valence-corrected chi connectivity index (χ1v) is 14.5. The Kier molecular flexibility index (Phi) is 6.49. The van der Waals surface area contributed by atoms with Crippen LogP contribution in [0, 0.1) is 17.8 Å². The number of amidine groups is 1. The summed E-state index contributed by atoms with van der Waals surface area (Å²) in [5.41, 5.74) is 2.16. The van der Waals surface area contributed by atoms with Crippen LogP contribution in [0.5, 0.6) is 0 Å². The number of hydrogen-bond acceptors (Lipinski definition) is 6. The Bertz CT molecular complexity index is 1160. The number of rotatable bonds is 9. The Morgan fingerprint density at radius 1 is 1.18 bits per heavy atom. The van der Waals surface area contributed by atoms with Crippen LogP contribution in [0.3, 0.4) is 0 Å². The Balaban J connectivity index is 1.32. The molecule has 1 atom stereocenters. The van der Waals surface area contributed by atoms with Crippen LogP contribution in [0.1, 0.15) is 72.7 Å². The van der Waals surface area contributed by atoms with E-state index in [4.69, 9.17) is 0 Å². The van der Waals surface area contributed by atoms with E-state index in [-0.39, 0.29) is 17.7 Å². The van der Waals surface area contributed by atoms with Gasteiger partial charge in [0.15, 0.2) is 5.84 Å². The molecule has 0 saturated heterocycles. The summed E-state index contributed by atoms with van der Waals surface area (Å²) in [5.74, 6) is 1.22. The van der Waals surface area contributed by atoms with Crippen LogP contribution in [-0.4, -0.2) is 44.9 Å². The molecule has 2 saturated carbocycles. The van der Waals surface area contributed by atoms with Gasteiger partial charge in [0.2, 0.25) is 5.91 Å². The van der Waals surface area contributed by atoms with E-state index >= 15 is 0 Å². The number of nitrogens with zero attached hydrogens (tertiary/aromatic N) is 2. The molecular weight excluding hydrogens is 474 g/mol. The van der Waals surface area contributed by atoms with Crippen LogP contribution < -0.4 is 15.4 Å². The van der Waals surface area contributed by atoms with Gasteiger partial charge in [-0.05, 0) is 82.1 Å². The second kappa shape index (κ2) is 9.41. The molecule has 3 aliphatic carbocycles. The summed E-state index contributed by atoms with van der Waals surface area (Å²) in [5, 5.41) is 6.81. The fourth-order valence-electron chi connectivity index (χ4n) is 4.62. The van der Waals surface area contributed by atoms with E-state index < -0.39 is 10.2 Å². The van der Waals surface area contributed by atoms with E-state index in [1.54, 1.807) is 11.3 Å². The Morgan fingerprint density at radius 2 is 1.97 bits per heavy atom. The topological polar surface area (TPSA) is 129 Å². The number of anilines is 1. The molecule has 1 aromatic heterocycles. The highest BCUT2D eigenvalue weighted by atomic mass is 32.2. The number of nitrogens with one attached hydrogen (secondary N) is 3. The van der Waals surface area contributed by atoms with Crippen molar-refractivity contribution in [2.24, 2.45) is 27.1 Å². The number of fused-ring (bicyclic) bond motifs is 1. The first kappa shape index (κ1) is 23.5. The maximum atomic E-state index is 13.2. The normalized spacial score (nSPS) is 24.3. The van der Waals surface area contributed by atoms with Crippen molar-refractivity contribution in [3.63, 3.8) is 0 Å². The molecule has 2 fully saturated rings. The SMILES string of the molecule is CCN=C1NS(=O)(=O)N=C1CCC1CCc2sc(NC(=O)C3CC3)c(C(=O)NCC3CC3)c2C1. The number of thiophene rings is 1. The molecular formula is C23H31N5O4S2. The zero-order valence-electron chi connectivity index (χ0n) is 19.4. The number of aryl methyl sites for hydroxylation is 1. The van der Waals surface area contributed by atoms with Gasteiger partial charge in [-0.3, -0.25) is 14.6 Å². The molecule has 3 N–H and O–H groups in total. The number of carbonyl (C=O) groups excluding carboxylic acids is 2. The third-order valence-electron chi connectivity index (χ3n) is 6.86. The molecule has 1 aliphatic heterocycles. The number of carbonyl (C=O) groups is 2. The van der Waals surface area contributed by atoms with Crippen LogP contribution in [0.25, 0.3) is 0 Å². The number of amides is 2. The summed E-state index contributed by atoms with van der Waals surface area (Å²) < 4.78 is 30.0. The van der Waals surface area contributed by atoms with Crippen LogP contribution in [0.4, 0.5) is 5.00 Å². The largest absolute Gasteiger partial charge is 0.352 e. The van der Waals surface area contributed by atoms with E-state index in [0.29, 0.717) is 53.5 Å². The second-order valence-electron chi connectivity index (χ2n) is 9.71. The lowest BCUT2D eigenvalue weighted by molar-refractivity contribution is -0.117. The molecule has 184 valence electrons. The van der Waals surface area contributed by atoms with E-state index in [2.05, 4.69) is 24.7 Å². The quantitative estimate of drug-likeness (QED) is 0.476. The third-order valence-corrected chi connectivity index (χ3v) is 8.98. The van der Waals surface area contributed by atoms with Gasteiger partial charge in [0.05, 0.1) is 11.3 Å². The van der Waals surface area contributed by atoms with Crippen LogP contribution in [-0.2, 0) is 27.8 Å². The van der Waals surface area contributed by atoms with E-state index in [1.807, 2.05) is 6.92 Å². The van der Waals surface area contributed by atoms with Crippen LogP contribution in [0.2, 0.25) is 0 Å². The lowest BCUT2D eigenvalue weighted by Crippen LogP contribution is -2.29. The Labute approximate surface area is 204 Å². The lowest BCUT2D eigenvalue weighted by Gasteiger charge is -2.23. The summed E-state index contributed by atoms with van der Waals surface area (Å²) >= 11 is 1.54. The summed E-state index contributed by atoms with van der Waals surface area (Å²) in [7, 11) is -3.69. The van der Waals surface area contributed by atoms with Gasteiger partial charge in [0, 0.05) is 23.9 Å². The van der Waals surface area contributed by atoms with Crippen molar-refractivity contribution in [1.82, 2.24) is 10.0 Å². The van der Waals surface area contributed by atoms with Gasteiger partial charge in [-0.2, -0.15) is 8.42 Å². The smallest absolute Gasteiger partial charge is 0.343 e. The Hall–Kier alpha value is -2.27. The van der Waals surface area contributed by atoms with Crippen LogP contribution >= 0.6 is 11.3 Å². The molecule has 9 nitrogen and oxygen atoms in total. The van der Waals surface area contributed by atoms with Crippen molar-refractivity contribution in [1.29, 1.82) is 0 Å². The highest BCUT2D eigenvalue weighted by molar-refractivity contribution is 7.89. The predicted molar refractivity (Wildman–Crippen MR) is 133 cm³/mol.